The van der Waals surface area contributed by atoms with Gasteiger partial charge in [-0.1, -0.05) is 34.8 Å². The van der Waals surface area contributed by atoms with E-state index in [9.17, 15) is 9.59 Å². The highest BCUT2D eigenvalue weighted by atomic mass is 35.6. The zero-order valence-corrected chi connectivity index (χ0v) is 10.4. The van der Waals surface area contributed by atoms with Gasteiger partial charge in [-0.05, 0) is 18.9 Å². The summed E-state index contributed by atoms with van der Waals surface area (Å²) in [5.74, 6) is -0.515. The molecule has 0 unspecified atom stereocenters. The number of halogens is 3. The number of H-pyrrole nitrogens is 1. The van der Waals surface area contributed by atoms with Gasteiger partial charge in [0.15, 0.2) is 5.78 Å². The number of aromatic amines is 1. The quantitative estimate of drug-likeness (QED) is 0.683. The zero-order valence-electron chi connectivity index (χ0n) is 8.10. The molecule has 0 aromatic carbocycles. The number of Topliss-reactive ketones (excluding diaryl/α,β-unsaturated/α-hetero) is 2. The zero-order chi connectivity index (χ0) is 11.9. The number of carbonyl (C=O) groups is 2. The first-order valence-corrected chi connectivity index (χ1v) is 5.87. The van der Waals surface area contributed by atoms with Crippen LogP contribution in [0.2, 0.25) is 0 Å². The summed E-state index contributed by atoms with van der Waals surface area (Å²) in [6.45, 7) is 0. The van der Waals surface area contributed by atoms with Crippen LogP contribution in [0.1, 0.15) is 33.7 Å². The number of hydrogen-bond donors (Lipinski definition) is 1. The van der Waals surface area contributed by atoms with E-state index in [1.807, 2.05) is 0 Å². The minimum atomic E-state index is -2.00. The maximum Gasteiger partial charge on any atom is 0.254 e. The fourth-order valence-corrected chi connectivity index (χ4v) is 1.71. The molecule has 2 rings (SSSR count). The first-order valence-electron chi connectivity index (χ1n) is 4.74. The van der Waals surface area contributed by atoms with Gasteiger partial charge < -0.3 is 4.98 Å². The number of hydrogen-bond acceptors (Lipinski definition) is 2. The van der Waals surface area contributed by atoms with E-state index in [4.69, 9.17) is 34.8 Å². The lowest BCUT2D eigenvalue weighted by molar-refractivity contribution is 0.0967. The van der Waals surface area contributed by atoms with Crippen LogP contribution in [0.25, 0.3) is 0 Å². The number of carbonyl (C=O) groups excluding carboxylic acids is 2. The van der Waals surface area contributed by atoms with Crippen molar-refractivity contribution < 1.29 is 9.59 Å². The van der Waals surface area contributed by atoms with Crippen molar-refractivity contribution in [1.82, 2.24) is 4.98 Å². The summed E-state index contributed by atoms with van der Waals surface area (Å²) in [5.41, 5.74) is 0.615. The van der Waals surface area contributed by atoms with Crippen molar-refractivity contribution in [1.29, 1.82) is 0 Å². The highest BCUT2D eigenvalue weighted by Gasteiger charge is 2.35. The number of aromatic nitrogens is 1. The van der Waals surface area contributed by atoms with Crippen molar-refractivity contribution in [3.8, 4) is 0 Å². The van der Waals surface area contributed by atoms with E-state index in [1.165, 1.54) is 12.3 Å². The second kappa shape index (κ2) is 4.06. The Hall–Kier alpha value is -0.510. The third kappa shape index (κ3) is 2.42. The third-order valence-electron chi connectivity index (χ3n) is 2.42. The number of rotatable bonds is 3. The Bertz CT molecular complexity index is 443. The van der Waals surface area contributed by atoms with Crippen molar-refractivity contribution in [3.63, 3.8) is 0 Å². The predicted molar refractivity (Wildman–Crippen MR) is 62.5 cm³/mol. The van der Waals surface area contributed by atoms with Gasteiger partial charge in [0, 0.05) is 17.7 Å². The average molecular weight is 281 g/mol. The molecule has 1 aliphatic carbocycles. The molecule has 1 N–H and O–H groups in total. The van der Waals surface area contributed by atoms with Gasteiger partial charge in [-0.15, -0.1) is 0 Å². The number of ketones is 2. The SMILES string of the molecule is O=C(c1c[nH]c(C(=O)C(Cl)(Cl)Cl)c1)C1CC1. The summed E-state index contributed by atoms with van der Waals surface area (Å²) in [4.78, 5) is 25.9. The Kier molecular flexibility index (Phi) is 3.03. The summed E-state index contributed by atoms with van der Waals surface area (Å²) >= 11 is 16.4. The minimum Gasteiger partial charge on any atom is -0.358 e. The van der Waals surface area contributed by atoms with Crippen LogP contribution in [-0.2, 0) is 0 Å². The van der Waals surface area contributed by atoms with E-state index >= 15 is 0 Å². The van der Waals surface area contributed by atoms with E-state index in [0.29, 0.717) is 5.56 Å². The van der Waals surface area contributed by atoms with Crippen molar-refractivity contribution in [2.45, 2.75) is 16.6 Å². The third-order valence-corrected chi connectivity index (χ3v) is 2.93. The summed E-state index contributed by atoms with van der Waals surface area (Å²) < 4.78 is -2.00. The molecule has 1 aliphatic rings. The Balaban J connectivity index is 2.19. The van der Waals surface area contributed by atoms with Crippen LogP contribution in [0.15, 0.2) is 12.3 Å². The van der Waals surface area contributed by atoms with Crippen molar-refractivity contribution in [3.05, 3.63) is 23.5 Å². The molecule has 1 aromatic heterocycles. The van der Waals surface area contributed by atoms with E-state index in [2.05, 4.69) is 4.98 Å². The molecule has 1 aromatic rings. The van der Waals surface area contributed by atoms with Crippen molar-refractivity contribution >= 4 is 46.4 Å². The lowest BCUT2D eigenvalue weighted by atomic mass is 10.1. The summed E-state index contributed by atoms with van der Waals surface area (Å²) in [7, 11) is 0. The van der Waals surface area contributed by atoms with Gasteiger partial charge >= 0.3 is 0 Å². The smallest absolute Gasteiger partial charge is 0.254 e. The van der Waals surface area contributed by atoms with Crippen LogP contribution in [0, 0.1) is 5.92 Å². The van der Waals surface area contributed by atoms with Crippen molar-refractivity contribution in [2.24, 2.45) is 5.92 Å². The van der Waals surface area contributed by atoms with Gasteiger partial charge in [-0.3, -0.25) is 9.59 Å². The Labute approximate surface area is 107 Å². The van der Waals surface area contributed by atoms with Crippen LogP contribution < -0.4 is 0 Å². The maximum atomic E-state index is 11.7. The molecule has 0 radical (unpaired) electrons. The van der Waals surface area contributed by atoms with E-state index in [-0.39, 0.29) is 17.4 Å². The van der Waals surface area contributed by atoms with E-state index < -0.39 is 9.58 Å². The van der Waals surface area contributed by atoms with Gasteiger partial charge in [0.1, 0.15) is 0 Å². The van der Waals surface area contributed by atoms with Crippen LogP contribution >= 0.6 is 34.8 Å². The van der Waals surface area contributed by atoms with Crippen molar-refractivity contribution in [2.75, 3.05) is 0 Å². The molecule has 0 aliphatic heterocycles. The Morgan fingerprint density at radius 2 is 1.94 bits per heavy atom. The van der Waals surface area contributed by atoms with E-state index in [1.54, 1.807) is 0 Å². The summed E-state index contributed by atoms with van der Waals surface area (Å²) in [6, 6.07) is 1.44. The van der Waals surface area contributed by atoms with Crippen LogP contribution in [0.3, 0.4) is 0 Å². The predicted octanol–water partition coefficient (Wildman–Crippen LogP) is 3.16. The number of alkyl halides is 3. The average Bonchev–Trinajstić information content (AvgIpc) is 2.92. The molecule has 0 saturated heterocycles. The lowest BCUT2D eigenvalue weighted by Gasteiger charge is -2.06. The van der Waals surface area contributed by atoms with Gasteiger partial charge in [0.05, 0.1) is 5.69 Å². The Morgan fingerprint density at radius 1 is 1.31 bits per heavy atom. The van der Waals surface area contributed by atoms with Gasteiger partial charge in [0.2, 0.25) is 5.78 Å². The fourth-order valence-electron chi connectivity index (χ4n) is 1.40. The van der Waals surface area contributed by atoms with Crippen LogP contribution in [0.4, 0.5) is 0 Å². The fraction of sp³-hybridized carbons (Fsp3) is 0.400. The normalized spacial score (nSPS) is 16.2. The second-order valence-electron chi connectivity index (χ2n) is 3.77. The number of nitrogens with one attached hydrogen (secondary N) is 1. The summed E-state index contributed by atoms with van der Waals surface area (Å²) in [6.07, 6.45) is 3.31. The lowest BCUT2D eigenvalue weighted by Crippen LogP contribution is -2.19. The standard InChI is InChI=1S/C10H8Cl3NO2/c11-10(12,13)9(16)7-3-6(4-14-7)8(15)5-1-2-5/h3-5,14H,1-2H2. The maximum absolute atomic E-state index is 11.7. The molecule has 1 saturated carbocycles. The Morgan fingerprint density at radius 3 is 2.44 bits per heavy atom. The minimum absolute atomic E-state index is 0.0413. The largest absolute Gasteiger partial charge is 0.358 e. The topological polar surface area (TPSA) is 49.9 Å². The first kappa shape index (κ1) is 12.0. The monoisotopic (exact) mass is 279 g/mol. The molecule has 0 bridgehead atoms. The summed E-state index contributed by atoms with van der Waals surface area (Å²) in [5, 5.41) is 0. The molecule has 0 spiro atoms. The highest BCUT2D eigenvalue weighted by molar-refractivity contribution is 6.77. The van der Waals surface area contributed by atoms with Gasteiger partial charge in [-0.25, -0.2) is 0 Å². The van der Waals surface area contributed by atoms with Crippen LogP contribution in [-0.4, -0.2) is 20.3 Å². The molecule has 6 heteroatoms. The molecule has 0 atom stereocenters. The molecule has 16 heavy (non-hydrogen) atoms. The molecule has 1 fully saturated rings. The van der Waals surface area contributed by atoms with Gasteiger partial charge in [-0.2, -0.15) is 0 Å². The highest BCUT2D eigenvalue weighted by Crippen LogP contribution is 2.34. The molecular weight excluding hydrogens is 272 g/mol. The van der Waals surface area contributed by atoms with Gasteiger partial charge in [0.25, 0.3) is 3.79 Å². The molecule has 86 valence electrons. The van der Waals surface area contributed by atoms with E-state index in [0.717, 1.165) is 12.8 Å². The second-order valence-corrected chi connectivity index (χ2v) is 6.05. The molecule has 1 heterocycles. The molecular formula is C10H8Cl3NO2. The first-order chi connectivity index (χ1) is 7.39. The molecule has 0 amide bonds. The van der Waals surface area contributed by atoms with Crippen LogP contribution in [0.5, 0.6) is 0 Å². The molecule has 3 nitrogen and oxygen atoms in total.